The maximum atomic E-state index is 12.4. The van der Waals surface area contributed by atoms with E-state index in [1.165, 1.54) is 35.0 Å². The van der Waals surface area contributed by atoms with Gasteiger partial charge in [0.05, 0.1) is 12.7 Å². The minimum atomic E-state index is -0.375. The monoisotopic (exact) mass is 383 g/mol. The number of benzene rings is 1. The number of amides is 1. The van der Waals surface area contributed by atoms with Crippen molar-refractivity contribution in [3.8, 4) is 0 Å². The van der Waals surface area contributed by atoms with Gasteiger partial charge >= 0.3 is 5.97 Å². The van der Waals surface area contributed by atoms with Crippen LogP contribution in [0.25, 0.3) is 6.08 Å². The first kappa shape index (κ1) is 19.4. The molecule has 0 bridgehead atoms. The molecular weight excluding hydrogens is 358 g/mol. The minimum absolute atomic E-state index is 0.244. The summed E-state index contributed by atoms with van der Waals surface area (Å²) in [6.45, 7) is 4.22. The number of hydrogen-bond acceptors (Lipinski definition) is 4. The molecule has 1 N–H and O–H groups in total. The fraction of sp³-hybridized carbons (Fsp3) is 0.364. The van der Waals surface area contributed by atoms with Gasteiger partial charge in [0.15, 0.2) is 0 Å². The van der Waals surface area contributed by atoms with Crippen LogP contribution in [0.15, 0.2) is 30.3 Å². The SMILES string of the molecule is CC[C@@H]1CCc2c(sc(NC(=O)/C=C/c3ccc(C)cc3)c2C(=O)OC)C1. The number of aryl methyl sites for hydroxylation is 1. The zero-order valence-corrected chi connectivity index (χ0v) is 16.8. The zero-order chi connectivity index (χ0) is 19.4. The van der Waals surface area contributed by atoms with E-state index in [4.69, 9.17) is 4.74 Å². The standard InChI is InChI=1S/C22H25NO3S/c1-4-15-9-11-17-18(13-15)27-21(20(17)22(25)26-3)23-19(24)12-10-16-7-5-14(2)6-8-16/h5-8,10,12,15H,4,9,11,13H2,1-3H3,(H,23,24)/b12-10+/t15-/m1/s1. The third kappa shape index (κ3) is 4.48. The van der Waals surface area contributed by atoms with E-state index >= 15 is 0 Å². The van der Waals surface area contributed by atoms with E-state index < -0.39 is 0 Å². The van der Waals surface area contributed by atoms with Crippen LogP contribution >= 0.6 is 11.3 Å². The fourth-order valence-electron chi connectivity index (χ4n) is 3.41. The Morgan fingerprint density at radius 1 is 1.30 bits per heavy atom. The molecule has 4 nitrogen and oxygen atoms in total. The Hall–Kier alpha value is -2.40. The van der Waals surface area contributed by atoms with Crippen molar-refractivity contribution in [3.63, 3.8) is 0 Å². The first-order chi connectivity index (χ1) is 13.0. The smallest absolute Gasteiger partial charge is 0.341 e. The molecule has 1 aromatic carbocycles. The van der Waals surface area contributed by atoms with Crippen LogP contribution in [0.1, 0.15) is 51.7 Å². The second kappa shape index (κ2) is 8.53. The highest BCUT2D eigenvalue weighted by molar-refractivity contribution is 7.17. The molecule has 1 atom stereocenters. The number of rotatable bonds is 5. The molecule has 2 aromatic rings. The normalized spacial score (nSPS) is 16.2. The van der Waals surface area contributed by atoms with Gasteiger partial charge in [-0.05, 0) is 49.3 Å². The predicted molar refractivity (Wildman–Crippen MR) is 110 cm³/mol. The second-order valence-electron chi connectivity index (χ2n) is 6.95. The quantitative estimate of drug-likeness (QED) is 0.583. The first-order valence-corrected chi connectivity index (χ1v) is 10.1. The molecule has 1 aliphatic rings. The Bertz CT molecular complexity index is 864. The van der Waals surface area contributed by atoms with Gasteiger partial charge in [0.2, 0.25) is 5.91 Å². The highest BCUT2D eigenvalue weighted by Crippen LogP contribution is 2.40. The lowest BCUT2D eigenvalue weighted by Gasteiger charge is -2.20. The molecule has 0 fully saturated rings. The Morgan fingerprint density at radius 2 is 2.04 bits per heavy atom. The minimum Gasteiger partial charge on any atom is -0.465 e. The molecular formula is C22H25NO3S. The lowest BCUT2D eigenvalue weighted by Crippen LogP contribution is -2.15. The third-order valence-electron chi connectivity index (χ3n) is 5.08. The summed E-state index contributed by atoms with van der Waals surface area (Å²) in [6.07, 6.45) is 7.31. The second-order valence-corrected chi connectivity index (χ2v) is 8.06. The summed E-state index contributed by atoms with van der Waals surface area (Å²) in [4.78, 5) is 25.9. The molecule has 0 unspecified atom stereocenters. The van der Waals surface area contributed by atoms with Gasteiger partial charge < -0.3 is 10.1 Å². The number of carbonyl (C=O) groups is 2. The van der Waals surface area contributed by atoms with Crippen LogP contribution in [-0.2, 0) is 22.4 Å². The largest absolute Gasteiger partial charge is 0.465 e. The van der Waals surface area contributed by atoms with Gasteiger partial charge in [0.1, 0.15) is 5.00 Å². The van der Waals surface area contributed by atoms with Crippen molar-refractivity contribution in [2.24, 2.45) is 5.92 Å². The summed E-state index contributed by atoms with van der Waals surface area (Å²) < 4.78 is 4.97. The van der Waals surface area contributed by atoms with Crippen LogP contribution < -0.4 is 5.32 Å². The predicted octanol–water partition coefficient (Wildman–Crippen LogP) is 5.01. The Kier molecular flexibility index (Phi) is 6.11. The van der Waals surface area contributed by atoms with E-state index in [-0.39, 0.29) is 11.9 Å². The van der Waals surface area contributed by atoms with Gasteiger partial charge in [0, 0.05) is 11.0 Å². The molecule has 0 aliphatic heterocycles. The van der Waals surface area contributed by atoms with Crippen LogP contribution in [0.2, 0.25) is 0 Å². The van der Waals surface area contributed by atoms with Crippen molar-refractivity contribution in [2.75, 3.05) is 12.4 Å². The third-order valence-corrected chi connectivity index (χ3v) is 6.25. The fourth-order valence-corrected chi connectivity index (χ4v) is 4.76. The number of methoxy groups -OCH3 is 1. The van der Waals surface area contributed by atoms with Crippen molar-refractivity contribution in [1.29, 1.82) is 0 Å². The molecule has 0 saturated carbocycles. The number of carbonyl (C=O) groups excluding carboxylic acids is 2. The maximum absolute atomic E-state index is 12.4. The van der Waals surface area contributed by atoms with Gasteiger partial charge in [-0.3, -0.25) is 4.79 Å². The van der Waals surface area contributed by atoms with Gasteiger partial charge in [-0.1, -0.05) is 43.2 Å². The van der Waals surface area contributed by atoms with Crippen molar-refractivity contribution in [2.45, 2.75) is 39.5 Å². The molecule has 0 saturated heterocycles. The Balaban J connectivity index is 1.81. The molecule has 1 aromatic heterocycles. The van der Waals surface area contributed by atoms with Gasteiger partial charge in [-0.15, -0.1) is 11.3 Å². The van der Waals surface area contributed by atoms with Crippen LogP contribution in [0.4, 0.5) is 5.00 Å². The Labute approximate surface area is 164 Å². The summed E-state index contributed by atoms with van der Waals surface area (Å²) in [7, 11) is 1.38. The molecule has 0 radical (unpaired) electrons. The highest BCUT2D eigenvalue weighted by Gasteiger charge is 2.29. The molecule has 1 amide bonds. The van der Waals surface area contributed by atoms with E-state index in [2.05, 4.69) is 12.2 Å². The zero-order valence-electron chi connectivity index (χ0n) is 16.0. The summed E-state index contributed by atoms with van der Waals surface area (Å²) in [5.74, 6) is 0.0262. The van der Waals surface area contributed by atoms with Gasteiger partial charge in [-0.25, -0.2) is 4.79 Å². The van der Waals surface area contributed by atoms with Crippen molar-refractivity contribution in [1.82, 2.24) is 0 Å². The number of hydrogen-bond donors (Lipinski definition) is 1. The highest BCUT2D eigenvalue weighted by atomic mass is 32.1. The molecule has 1 heterocycles. The summed E-state index contributed by atoms with van der Waals surface area (Å²) in [5.41, 5.74) is 3.72. The molecule has 3 rings (SSSR count). The van der Waals surface area contributed by atoms with Crippen molar-refractivity contribution >= 4 is 34.3 Å². The van der Waals surface area contributed by atoms with Crippen LogP contribution in [-0.4, -0.2) is 19.0 Å². The number of esters is 1. The van der Waals surface area contributed by atoms with E-state index in [0.29, 0.717) is 16.5 Å². The van der Waals surface area contributed by atoms with Crippen LogP contribution in [0.5, 0.6) is 0 Å². The number of fused-ring (bicyclic) bond motifs is 1. The Morgan fingerprint density at radius 3 is 2.70 bits per heavy atom. The van der Waals surface area contributed by atoms with Gasteiger partial charge in [0.25, 0.3) is 0 Å². The van der Waals surface area contributed by atoms with E-state index in [0.717, 1.165) is 36.8 Å². The number of ether oxygens (including phenoxy) is 1. The van der Waals surface area contributed by atoms with Crippen molar-refractivity contribution in [3.05, 3.63) is 57.5 Å². The van der Waals surface area contributed by atoms with Crippen LogP contribution in [0.3, 0.4) is 0 Å². The van der Waals surface area contributed by atoms with Crippen molar-refractivity contribution < 1.29 is 14.3 Å². The first-order valence-electron chi connectivity index (χ1n) is 9.30. The molecule has 5 heteroatoms. The average Bonchev–Trinajstić information content (AvgIpc) is 3.03. The summed E-state index contributed by atoms with van der Waals surface area (Å²) in [6, 6.07) is 7.94. The average molecular weight is 384 g/mol. The maximum Gasteiger partial charge on any atom is 0.341 e. The number of anilines is 1. The van der Waals surface area contributed by atoms with Crippen LogP contribution in [0, 0.1) is 12.8 Å². The lowest BCUT2D eigenvalue weighted by atomic mass is 9.86. The molecule has 0 spiro atoms. The number of thiophene rings is 1. The molecule has 1 aliphatic carbocycles. The van der Waals surface area contributed by atoms with E-state index in [9.17, 15) is 9.59 Å². The summed E-state index contributed by atoms with van der Waals surface area (Å²) in [5, 5.41) is 3.49. The summed E-state index contributed by atoms with van der Waals surface area (Å²) >= 11 is 1.51. The molecule has 27 heavy (non-hydrogen) atoms. The van der Waals surface area contributed by atoms with Gasteiger partial charge in [-0.2, -0.15) is 0 Å². The number of nitrogens with one attached hydrogen (secondary N) is 1. The van der Waals surface area contributed by atoms with E-state index in [1.807, 2.05) is 31.2 Å². The lowest BCUT2D eigenvalue weighted by molar-refractivity contribution is -0.111. The molecule has 142 valence electrons. The topological polar surface area (TPSA) is 55.4 Å². The van der Waals surface area contributed by atoms with E-state index in [1.54, 1.807) is 6.08 Å².